The van der Waals surface area contributed by atoms with Crippen LogP contribution in [0.1, 0.15) is 12.8 Å². The molecular formula is C18H25N3O3. The highest BCUT2D eigenvalue weighted by atomic mass is 16.5. The molecular weight excluding hydrogens is 306 g/mol. The zero-order valence-corrected chi connectivity index (χ0v) is 14.2. The normalized spacial score (nSPS) is 19.5. The van der Waals surface area contributed by atoms with Crippen LogP contribution in [0.25, 0.3) is 0 Å². The highest BCUT2D eigenvalue weighted by Crippen LogP contribution is 2.20. The number of carbonyl (C=O) groups is 2. The van der Waals surface area contributed by atoms with Crippen LogP contribution in [0.4, 0.5) is 5.69 Å². The molecule has 1 aromatic carbocycles. The molecule has 0 radical (unpaired) electrons. The molecule has 6 heteroatoms. The minimum atomic E-state index is 0.179. The van der Waals surface area contributed by atoms with Crippen molar-refractivity contribution >= 4 is 17.4 Å². The van der Waals surface area contributed by atoms with Crippen molar-refractivity contribution in [3.63, 3.8) is 0 Å². The van der Waals surface area contributed by atoms with E-state index >= 15 is 0 Å². The second-order valence-corrected chi connectivity index (χ2v) is 6.38. The number of nitrogens with zero attached hydrogens (tertiary/aromatic N) is 3. The Bertz CT molecular complexity index is 570. The van der Waals surface area contributed by atoms with E-state index in [0.29, 0.717) is 25.2 Å². The Balaban J connectivity index is 1.47. The summed E-state index contributed by atoms with van der Waals surface area (Å²) in [4.78, 5) is 30.0. The summed E-state index contributed by atoms with van der Waals surface area (Å²) in [5.74, 6) is 1.35. The Morgan fingerprint density at radius 1 is 1.00 bits per heavy atom. The molecule has 24 heavy (non-hydrogen) atoms. The molecule has 0 unspecified atom stereocenters. The first-order valence-electron chi connectivity index (χ1n) is 8.56. The van der Waals surface area contributed by atoms with Crippen LogP contribution in [0, 0.1) is 0 Å². The number of ether oxygens (including phenoxy) is 1. The summed E-state index contributed by atoms with van der Waals surface area (Å²) in [7, 11) is 1.66. The third kappa shape index (κ3) is 4.06. The van der Waals surface area contributed by atoms with Crippen molar-refractivity contribution in [2.45, 2.75) is 12.8 Å². The van der Waals surface area contributed by atoms with E-state index in [1.807, 2.05) is 17.0 Å². The molecule has 0 spiro atoms. The molecule has 0 aliphatic carbocycles. The summed E-state index contributed by atoms with van der Waals surface area (Å²) in [6, 6.07) is 8.04. The van der Waals surface area contributed by atoms with Gasteiger partial charge in [0.05, 0.1) is 13.7 Å². The number of Topliss-reactive ketones (excluding diaryl/α,β-unsaturated/α-hetero) is 1. The van der Waals surface area contributed by atoms with E-state index in [2.05, 4.69) is 21.9 Å². The SMILES string of the molecule is COc1ccc(N2CCN(C(=O)CN3CCC(=O)CC3)CC2)cc1. The van der Waals surface area contributed by atoms with Gasteiger partial charge >= 0.3 is 0 Å². The van der Waals surface area contributed by atoms with Gasteiger partial charge in [0.25, 0.3) is 0 Å². The van der Waals surface area contributed by atoms with Crippen molar-refractivity contribution < 1.29 is 14.3 Å². The quantitative estimate of drug-likeness (QED) is 0.824. The van der Waals surface area contributed by atoms with Gasteiger partial charge < -0.3 is 14.5 Å². The second kappa shape index (κ2) is 7.66. The smallest absolute Gasteiger partial charge is 0.236 e. The molecule has 0 bridgehead atoms. The number of likely N-dealkylation sites (tertiary alicyclic amines) is 1. The Morgan fingerprint density at radius 3 is 2.21 bits per heavy atom. The number of anilines is 1. The molecule has 0 aromatic heterocycles. The summed E-state index contributed by atoms with van der Waals surface area (Å²) in [5, 5.41) is 0. The van der Waals surface area contributed by atoms with E-state index in [1.165, 1.54) is 0 Å². The molecule has 1 aromatic rings. The molecule has 2 heterocycles. The predicted octanol–water partition coefficient (Wildman–Crippen LogP) is 1.01. The minimum Gasteiger partial charge on any atom is -0.497 e. The van der Waals surface area contributed by atoms with Crippen molar-refractivity contribution in [1.29, 1.82) is 0 Å². The van der Waals surface area contributed by atoms with Crippen molar-refractivity contribution in [1.82, 2.24) is 9.80 Å². The van der Waals surface area contributed by atoms with Gasteiger partial charge in [0, 0.05) is 57.8 Å². The molecule has 0 saturated carbocycles. The number of piperidine rings is 1. The standard InChI is InChI=1S/C18H25N3O3/c1-24-17-4-2-15(3-5-17)20-10-12-21(13-11-20)18(23)14-19-8-6-16(22)7-9-19/h2-5H,6-14H2,1H3. The van der Waals surface area contributed by atoms with Gasteiger partial charge in [-0.2, -0.15) is 0 Å². The average molecular weight is 331 g/mol. The predicted molar refractivity (Wildman–Crippen MR) is 92.5 cm³/mol. The number of hydrogen-bond acceptors (Lipinski definition) is 5. The van der Waals surface area contributed by atoms with Crippen LogP contribution in [0.3, 0.4) is 0 Å². The van der Waals surface area contributed by atoms with Crippen LogP contribution in [0.5, 0.6) is 5.75 Å². The van der Waals surface area contributed by atoms with Crippen molar-refractivity contribution in [3.8, 4) is 5.75 Å². The third-order valence-electron chi connectivity index (χ3n) is 4.84. The molecule has 0 atom stereocenters. The molecule has 0 N–H and O–H groups in total. The molecule has 130 valence electrons. The van der Waals surface area contributed by atoms with Crippen LogP contribution >= 0.6 is 0 Å². The number of methoxy groups -OCH3 is 1. The fraction of sp³-hybridized carbons (Fsp3) is 0.556. The Morgan fingerprint density at radius 2 is 1.62 bits per heavy atom. The van der Waals surface area contributed by atoms with Crippen LogP contribution < -0.4 is 9.64 Å². The highest BCUT2D eigenvalue weighted by molar-refractivity contribution is 5.81. The maximum atomic E-state index is 12.4. The molecule has 2 aliphatic heterocycles. The first-order valence-corrected chi connectivity index (χ1v) is 8.56. The van der Waals surface area contributed by atoms with E-state index in [0.717, 1.165) is 50.7 Å². The minimum absolute atomic E-state index is 0.179. The Kier molecular flexibility index (Phi) is 5.35. The van der Waals surface area contributed by atoms with Gasteiger partial charge in [-0.25, -0.2) is 0 Å². The summed E-state index contributed by atoms with van der Waals surface area (Å²) >= 11 is 0. The van der Waals surface area contributed by atoms with Crippen molar-refractivity contribution in [2.75, 3.05) is 57.8 Å². The first-order chi connectivity index (χ1) is 11.7. The van der Waals surface area contributed by atoms with E-state index in [1.54, 1.807) is 7.11 Å². The lowest BCUT2D eigenvalue weighted by Gasteiger charge is -2.37. The number of piperazine rings is 1. The van der Waals surface area contributed by atoms with E-state index in [9.17, 15) is 9.59 Å². The zero-order chi connectivity index (χ0) is 16.9. The lowest BCUT2D eigenvalue weighted by Crippen LogP contribution is -2.52. The van der Waals surface area contributed by atoms with E-state index in [-0.39, 0.29) is 5.91 Å². The number of hydrogen-bond donors (Lipinski definition) is 0. The summed E-state index contributed by atoms with van der Waals surface area (Å²) < 4.78 is 5.19. The topological polar surface area (TPSA) is 53.1 Å². The van der Waals surface area contributed by atoms with Crippen molar-refractivity contribution in [3.05, 3.63) is 24.3 Å². The van der Waals surface area contributed by atoms with Gasteiger partial charge in [-0.15, -0.1) is 0 Å². The third-order valence-corrected chi connectivity index (χ3v) is 4.84. The second-order valence-electron chi connectivity index (χ2n) is 6.38. The van der Waals surface area contributed by atoms with Crippen LogP contribution in [0.2, 0.25) is 0 Å². The molecule has 2 aliphatic rings. The molecule has 2 saturated heterocycles. The van der Waals surface area contributed by atoms with Crippen LogP contribution in [-0.4, -0.2) is 74.4 Å². The lowest BCUT2D eigenvalue weighted by molar-refractivity contribution is -0.134. The highest BCUT2D eigenvalue weighted by Gasteiger charge is 2.24. The zero-order valence-electron chi connectivity index (χ0n) is 14.2. The van der Waals surface area contributed by atoms with Crippen LogP contribution in [-0.2, 0) is 9.59 Å². The maximum Gasteiger partial charge on any atom is 0.236 e. The van der Waals surface area contributed by atoms with Gasteiger partial charge in [-0.05, 0) is 24.3 Å². The Labute approximate surface area is 143 Å². The largest absolute Gasteiger partial charge is 0.497 e. The number of amides is 1. The number of carbonyl (C=O) groups excluding carboxylic acids is 2. The average Bonchev–Trinajstić information content (AvgIpc) is 2.64. The van der Waals surface area contributed by atoms with Gasteiger partial charge in [-0.3, -0.25) is 14.5 Å². The first kappa shape index (κ1) is 16.8. The fourth-order valence-electron chi connectivity index (χ4n) is 3.26. The Hall–Kier alpha value is -2.08. The van der Waals surface area contributed by atoms with Gasteiger partial charge in [0.15, 0.2) is 0 Å². The lowest BCUT2D eigenvalue weighted by atomic mass is 10.1. The molecule has 6 nitrogen and oxygen atoms in total. The van der Waals surface area contributed by atoms with Gasteiger partial charge in [0.2, 0.25) is 5.91 Å². The number of rotatable bonds is 4. The fourth-order valence-corrected chi connectivity index (χ4v) is 3.26. The number of benzene rings is 1. The van der Waals surface area contributed by atoms with Crippen molar-refractivity contribution in [2.24, 2.45) is 0 Å². The summed E-state index contributed by atoms with van der Waals surface area (Å²) in [6.07, 6.45) is 1.16. The monoisotopic (exact) mass is 331 g/mol. The molecule has 1 amide bonds. The maximum absolute atomic E-state index is 12.4. The van der Waals surface area contributed by atoms with E-state index in [4.69, 9.17) is 4.74 Å². The number of ketones is 1. The van der Waals surface area contributed by atoms with Crippen LogP contribution in [0.15, 0.2) is 24.3 Å². The molecule has 2 fully saturated rings. The molecule has 3 rings (SSSR count). The summed E-state index contributed by atoms with van der Waals surface area (Å²) in [6.45, 7) is 5.06. The van der Waals surface area contributed by atoms with E-state index < -0.39 is 0 Å². The summed E-state index contributed by atoms with van der Waals surface area (Å²) in [5.41, 5.74) is 1.16. The van der Waals surface area contributed by atoms with Gasteiger partial charge in [-0.1, -0.05) is 0 Å². The van der Waals surface area contributed by atoms with Gasteiger partial charge in [0.1, 0.15) is 11.5 Å².